The number of ether oxygens (including phenoxy) is 1. The average molecular weight is 388 g/mol. The molecule has 1 saturated carbocycles. The van der Waals surface area contributed by atoms with E-state index in [1.165, 1.54) is 18.2 Å². The van der Waals surface area contributed by atoms with Crippen LogP contribution >= 0.6 is 15.9 Å². The molecule has 1 aromatic carbocycles. The van der Waals surface area contributed by atoms with Gasteiger partial charge >= 0.3 is 5.97 Å². The van der Waals surface area contributed by atoms with Crippen LogP contribution in [0.25, 0.3) is 0 Å². The molecule has 0 heterocycles. The maximum absolute atomic E-state index is 13.0. The Morgan fingerprint density at radius 3 is 2.87 bits per heavy atom. The number of aliphatic carboxylic acids is 1. The van der Waals surface area contributed by atoms with Crippen LogP contribution in [0.5, 0.6) is 5.75 Å². The number of carbonyl (C=O) groups excluding carboxylic acids is 1. The summed E-state index contributed by atoms with van der Waals surface area (Å²) < 4.78 is 18.8. The van der Waals surface area contributed by atoms with E-state index in [4.69, 9.17) is 4.74 Å². The third-order valence-corrected chi connectivity index (χ3v) is 4.80. The number of amides is 1. The molecule has 1 aliphatic rings. The molecule has 126 valence electrons. The van der Waals surface area contributed by atoms with Gasteiger partial charge in [0, 0.05) is 0 Å². The molecule has 0 saturated heterocycles. The Balaban J connectivity index is 1.96. The van der Waals surface area contributed by atoms with E-state index >= 15 is 0 Å². The van der Waals surface area contributed by atoms with Gasteiger partial charge in [-0.15, -0.1) is 0 Å². The number of carbonyl (C=O) groups is 2. The molecular weight excluding hydrogens is 369 g/mol. The fraction of sp³-hybridized carbons (Fsp3) is 0.500. The molecule has 2 N–H and O–H groups in total. The molecule has 23 heavy (non-hydrogen) atoms. The number of halogens is 2. The van der Waals surface area contributed by atoms with Crippen LogP contribution in [0.2, 0.25) is 0 Å². The number of nitrogens with one attached hydrogen (secondary N) is 1. The van der Waals surface area contributed by atoms with Crippen molar-refractivity contribution in [1.29, 1.82) is 0 Å². The van der Waals surface area contributed by atoms with Crippen LogP contribution in [0.4, 0.5) is 4.39 Å². The Morgan fingerprint density at radius 1 is 1.48 bits per heavy atom. The van der Waals surface area contributed by atoms with Crippen LogP contribution in [0.15, 0.2) is 22.7 Å². The van der Waals surface area contributed by atoms with Crippen molar-refractivity contribution in [3.8, 4) is 5.75 Å². The van der Waals surface area contributed by atoms with E-state index < -0.39 is 29.2 Å². The maximum atomic E-state index is 13.0. The van der Waals surface area contributed by atoms with E-state index in [0.717, 1.165) is 12.8 Å². The molecule has 5 nitrogen and oxygen atoms in total. The summed E-state index contributed by atoms with van der Waals surface area (Å²) in [5.41, 5.74) is -0.773. The summed E-state index contributed by atoms with van der Waals surface area (Å²) in [5.74, 6) is -1.94. The van der Waals surface area contributed by atoms with Crippen molar-refractivity contribution in [3.63, 3.8) is 0 Å². The van der Waals surface area contributed by atoms with E-state index in [-0.39, 0.29) is 6.61 Å². The summed E-state index contributed by atoms with van der Waals surface area (Å²) in [4.78, 5) is 23.5. The number of hydrogen-bond acceptors (Lipinski definition) is 3. The number of carboxylic acids is 1. The number of carboxylic acid groups (broad SMARTS) is 1. The first-order chi connectivity index (χ1) is 10.8. The predicted octanol–water partition coefficient (Wildman–Crippen LogP) is 3.12. The van der Waals surface area contributed by atoms with Gasteiger partial charge in [-0.25, -0.2) is 4.39 Å². The van der Waals surface area contributed by atoms with Crippen molar-refractivity contribution in [3.05, 3.63) is 28.5 Å². The Labute approximate surface area is 142 Å². The molecule has 1 aliphatic carbocycles. The van der Waals surface area contributed by atoms with Gasteiger partial charge < -0.3 is 15.2 Å². The largest absolute Gasteiger partial charge is 0.483 e. The first kappa shape index (κ1) is 17.7. The highest BCUT2D eigenvalue weighted by Gasteiger charge is 2.42. The number of rotatable bonds is 5. The Kier molecular flexibility index (Phi) is 5.62. The lowest BCUT2D eigenvalue weighted by atomic mass is 9.74. The highest BCUT2D eigenvalue weighted by atomic mass is 79.9. The summed E-state index contributed by atoms with van der Waals surface area (Å²) in [6, 6.07) is 3.91. The van der Waals surface area contributed by atoms with E-state index in [2.05, 4.69) is 21.2 Å². The van der Waals surface area contributed by atoms with E-state index in [1.54, 1.807) is 6.92 Å². The smallest absolute Gasteiger partial charge is 0.308 e. The van der Waals surface area contributed by atoms with Gasteiger partial charge in [0.05, 0.1) is 15.9 Å². The molecule has 0 aliphatic heterocycles. The molecule has 7 heteroatoms. The molecule has 0 radical (unpaired) electrons. The van der Waals surface area contributed by atoms with Crippen molar-refractivity contribution >= 4 is 27.8 Å². The van der Waals surface area contributed by atoms with Crippen LogP contribution in [0.3, 0.4) is 0 Å². The third kappa shape index (κ3) is 4.43. The number of benzene rings is 1. The lowest BCUT2D eigenvalue weighted by Crippen LogP contribution is -2.56. The second-order valence-corrected chi connectivity index (χ2v) is 6.82. The second kappa shape index (κ2) is 7.29. The van der Waals surface area contributed by atoms with Gasteiger partial charge in [-0.3, -0.25) is 9.59 Å². The molecule has 0 aromatic heterocycles. The standard InChI is InChI=1S/C16H19BrFNO4/c1-16(7-3-2-4-11(16)15(21)22)19-14(20)9-23-13-6-5-10(18)8-12(13)17/h5-6,8,11H,2-4,7,9H2,1H3,(H,19,20)(H,21,22). The van der Waals surface area contributed by atoms with E-state index in [0.29, 0.717) is 23.1 Å². The van der Waals surface area contributed by atoms with E-state index in [9.17, 15) is 19.1 Å². The highest BCUT2D eigenvalue weighted by Crippen LogP contribution is 2.34. The Hall–Kier alpha value is -1.63. The molecule has 2 rings (SSSR count). The van der Waals surface area contributed by atoms with Crippen LogP contribution in [-0.4, -0.2) is 29.1 Å². The monoisotopic (exact) mass is 387 g/mol. The lowest BCUT2D eigenvalue weighted by Gasteiger charge is -2.39. The predicted molar refractivity (Wildman–Crippen MR) is 85.7 cm³/mol. The van der Waals surface area contributed by atoms with Crippen LogP contribution in [0.1, 0.15) is 32.6 Å². The minimum absolute atomic E-state index is 0.258. The third-order valence-electron chi connectivity index (χ3n) is 4.18. The summed E-state index contributed by atoms with van der Waals surface area (Å²) in [5, 5.41) is 12.1. The van der Waals surface area contributed by atoms with Gasteiger partial charge in [0.15, 0.2) is 6.61 Å². The Morgan fingerprint density at radius 2 is 2.22 bits per heavy atom. The van der Waals surface area contributed by atoms with Crippen LogP contribution in [-0.2, 0) is 9.59 Å². The SMILES string of the molecule is CC1(NC(=O)COc2ccc(F)cc2Br)CCCCC1C(=O)O. The molecule has 1 amide bonds. The zero-order chi connectivity index (χ0) is 17.0. The highest BCUT2D eigenvalue weighted by molar-refractivity contribution is 9.10. The fourth-order valence-corrected chi connectivity index (χ4v) is 3.43. The minimum Gasteiger partial charge on any atom is -0.483 e. The topological polar surface area (TPSA) is 75.6 Å². The van der Waals surface area contributed by atoms with Crippen LogP contribution in [0, 0.1) is 11.7 Å². The van der Waals surface area contributed by atoms with Crippen molar-refractivity contribution in [2.75, 3.05) is 6.61 Å². The number of hydrogen-bond donors (Lipinski definition) is 2. The maximum Gasteiger partial charge on any atom is 0.308 e. The first-order valence-corrected chi connectivity index (χ1v) is 8.23. The van der Waals surface area contributed by atoms with Gasteiger partial charge in [-0.05, 0) is 53.9 Å². The van der Waals surface area contributed by atoms with Gasteiger partial charge in [-0.2, -0.15) is 0 Å². The van der Waals surface area contributed by atoms with Gasteiger partial charge in [0.2, 0.25) is 0 Å². The molecule has 1 fully saturated rings. The molecule has 0 bridgehead atoms. The average Bonchev–Trinajstić information content (AvgIpc) is 2.46. The lowest BCUT2D eigenvalue weighted by molar-refractivity contribution is -0.146. The zero-order valence-electron chi connectivity index (χ0n) is 12.8. The van der Waals surface area contributed by atoms with Crippen LogP contribution < -0.4 is 10.1 Å². The molecule has 1 aromatic rings. The normalized spacial score (nSPS) is 24.0. The molecule has 2 atom stereocenters. The van der Waals surface area contributed by atoms with Crippen molar-refractivity contribution in [2.24, 2.45) is 5.92 Å². The summed E-state index contributed by atoms with van der Waals surface area (Å²) in [6.07, 6.45) is 2.90. The summed E-state index contributed by atoms with van der Waals surface area (Å²) in [6.45, 7) is 1.50. The van der Waals surface area contributed by atoms with Crippen molar-refractivity contribution in [1.82, 2.24) is 5.32 Å². The van der Waals surface area contributed by atoms with Gasteiger partial charge in [0.25, 0.3) is 5.91 Å². The van der Waals surface area contributed by atoms with Crippen molar-refractivity contribution < 1.29 is 23.8 Å². The van der Waals surface area contributed by atoms with Gasteiger partial charge in [0.1, 0.15) is 11.6 Å². The quantitative estimate of drug-likeness (QED) is 0.813. The van der Waals surface area contributed by atoms with Crippen molar-refractivity contribution in [2.45, 2.75) is 38.1 Å². The Bertz CT molecular complexity index is 610. The molecular formula is C16H19BrFNO4. The van der Waals surface area contributed by atoms with E-state index in [1.807, 2.05) is 0 Å². The fourth-order valence-electron chi connectivity index (χ4n) is 2.97. The molecule has 2 unspecified atom stereocenters. The summed E-state index contributed by atoms with van der Waals surface area (Å²) >= 11 is 3.16. The van der Waals surface area contributed by atoms with Gasteiger partial charge in [-0.1, -0.05) is 12.8 Å². The second-order valence-electron chi connectivity index (χ2n) is 5.97. The summed E-state index contributed by atoms with van der Waals surface area (Å²) in [7, 11) is 0. The molecule has 0 spiro atoms. The zero-order valence-corrected chi connectivity index (χ0v) is 14.4. The minimum atomic E-state index is -0.894. The first-order valence-electron chi connectivity index (χ1n) is 7.43.